The fourth-order valence-corrected chi connectivity index (χ4v) is 3.49. The molecule has 0 bridgehead atoms. The van der Waals surface area contributed by atoms with Gasteiger partial charge in [-0.15, -0.1) is 11.3 Å². The van der Waals surface area contributed by atoms with Gasteiger partial charge < -0.3 is 5.11 Å². The molecule has 2 rings (SSSR count). The van der Waals surface area contributed by atoms with Crippen molar-refractivity contribution in [3.05, 3.63) is 49.4 Å². The summed E-state index contributed by atoms with van der Waals surface area (Å²) in [6.07, 6.45) is 0.0656. The summed E-state index contributed by atoms with van der Waals surface area (Å²) < 4.78 is 1.11. The van der Waals surface area contributed by atoms with Gasteiger partial charge in [0.2, 0.25) is 0 Å². The molecule has 0 amide bonds. The highest BCUT2D eigenvalue weighted by molar-refractivity contribution is 9.10. The lowest BCUT2D eigenvalue weighted by atomic mass is 9.93. The summed E-state index contributed by atoms with van der Waals surface area (Å²) in [6.45, 7) is 10.6. The van der Waals surface area contributed by atoms with E-state index in [9.17, 15) is 5.11 Å². The van der Waals surface area contributed by atoms with Crippen molar-refractivity contribution in [2.45, 2.75) is 52.6 Å². The zero-order valence-corrected chi connectivity index (χ0v) is 15.6. The maximum absolute atomic E-state index is 10.5. The average Bonchev–Trinajstić information content (AvgIpc) is 2.83. The second-order valence-corrected chi connectivity index (χ2v) is 8.30. The van der Waals surface area contributed by atoms with Gasteiger partial charge in [0.1, 0.15) is 0 Å². The lowest BCUT2D eigenvalue weighted by Crippen LogP contribution is -2.12. The van der Waals surface area contributed by atoms with E-state index in [0.29, 0.717) is 6.42 Å². The third kappa shape index (κ3) is 3.93. The van der Waals surface area contributed by atoms with Crippen LogP contribution in [0.3, 0.4) is 0 Å². The summed E-state index contributed by atoms with van der Waals surface area (Å²) in [7, 11) is 0. The Bertz CT molecular complexity index is 619. The fraction of sp³-hybridized carbons (Fsp3) is 0.471. The van der Waals surface area contributed by atoms with Gasteiger partial charge in [-0.25, -0.2) is 4.98 Å². The molecule has 1 atom stereocenters. The van der Waals surface area contributed by atoms with Gasteiger partial charge in [-0.05, 0) is 30.5 Å². The van der Waals surface area contributed by atoms with Crippen LogP contribution < -0.4 is 0 Å². The van der Waals surface area contributed by atoms with E-state index in [2.05, 4.69) is 60.9 Å². The molecule has 0 aliphatic heterocycles. The Labute approximate surface area is 139 Å². The molecule has 0 spiro atoms. The van der Waals surface area contributed by atoms with Crippen LogP contribution in [-0.2, 0) is 11.8 Å². The van der Waals surface area contributed by atoms with Gasteiger partial charge in [-0.2, -0.15) is 0 Å². The summed E-state index contributed by atoms with van der Waals surface area (Å²) in [5.41, 5.74) is 4.42. The number of benzene rings is 1. The van der Waals surface area contributed by atoms with Crippen molar-refractivity contribution in [2.24, 2.45) is 0 Å². The molecule has 1 aromatic heterocycles. The maximum Gasteiger partial charge on any atom is 0.0957 e. The van der Waals surface area contributed by atoms with Gasteiger partial charge in [0.05, 0.1) is 16.8 Å². The standard InChI is InChI=1S/C17H22BrNOS/c1-10-6-12(7-11(2)16(10)18)13(20)8-15-19-14(9-21-15)17(3,4)5/h6-7,9,13,20H,8H2,1-5H3. The Hall–Kier alpha value is -0.710. The van der Waals surface area contributed by atoms with Crippen LogP contribution in [0.4, 0.5) is 0 Å². The Kier molecular flexibility index (Phi) is 4.91. The van der Waals surface area contributed by atoms with Crippen LogP contribution in [-0.4, -0.2) is 10.1 Å². The van der Waals surface area contributed by atoms with E-state index in [4.69, 9.17) is 0 Å². The minimum Gasteiger partial charge on any atom is -0.388 e. The molecule has 2 aromatic rings. The minimum atomic E-state index is -0.505. The molecule has 0 radical (unpaired) electrons. The molecule has 0 saturated heterocycles. The second-order valence-electron chi connectivity index (χ2n) is 6.57. The van der Waals surface area contributed by atoms with Gasteiger partial charge in [0, 0.05) is 21.7 Å². The Morgan fingerprint density at radius 3 is 2.29 bits per heavy atom. The molecule has 4 heteroatoms. The minimum absolute atomic E-state index is 0.0600. The number of aryl methyl sites for hydroxylation is 2. The van der Waals surface area contributed by atoms with Crippen LogP contribution in [0.1, 0.15) is 54.3 Å². The Morgan fingerprint density at radius 2 is 1.81 bits per heavy atom. The van der Waals surface area contributed by atoms with Crippen molar-refractivity contribution in [3.8, 4) is 0 Å². The molecule has 114 valence electrons. The van der Waals surface area contributed by atoms with E-state index in [0.717, 1.165) is 31.9 Å². The first-order valence-electron chi connectivity index (χ1n) is 7.08. The van der Waals surface area contributed by atoms with E-state index >= 15 is 0 Å². The van der Waals surface area contributed by atoms with E-state index < -0.39 is 6.10 Å². The SMILES string of the molecule is Cc1cc(C(O)Cc2nc(C(C)(C)C)cs2)cc(C)c1Br. The quantitative estimate of drug-likeness (QED) is 0.818. The molecule has 1 heterocycles. The van der Waals surface area contributed by atoms with Crippen molar-refractivity contribution in [2.75, 3.05) is 0 Å². The molecular formula is C17H22BrNOS. The van der Waals surface area contributed by atoms with Crippen LogP contribution in [0, 0.1) is 13.8 Å². The van der Waals surface area contributed by atoms with E-state index in [-0.39, 0.29) is 5.41 Å². The van der Waals surface area contributed by atoms with Crippen molar-refractivity contribution in [3.63, 3.8) is 0 Å². The van der Waals surface area contributed by atoms with Crippen molar-refractivity contribution in [1.82, 2.24) is 4.98 Å². The van der Waals surface area contributed by atoms with E-state index in [1.54, 1.807) is 11.3 Å². The van der Waals surface area contributed by atoms with Crippen molar-refractivity contribution in [1.29, 1.82) is 0 Å². The monoisotopic (exact) mass is 367 g/mol. The highest BCUT2D eigenvalue weighted by Gasteiger charge is 2.19. The molecular weight excluding hydrogens is 346 g/mol. The highest BCUT2D eigenvalue weighted by Crippen LogP contribution is 2.29. The number of thiazole rings is 1. The number of aromatic nitrogens is 1. The smallest absolute Gasteiger partial charge is 0.0957 e. The average molecular weight is 368 g/mol. The van der Waals surface area contributed by atoms with Gasteiger partial charge in [-0.3, -0.25) is 0 Å². The first-order chi connectivity index (χ1) is 9.68. The van der Waals surface area contributed by atoms with Gasteiger partial charge in [0.15, 0.2) is 0 Å². The van der Waals surface area contributed by atoms with Gasteiger partial charge >= 0.3 is 0 Å². The number of nitrogens with zero attached hydrogens (tertiary/aromatic N) is 1. The van der Waals surface area contributed by atoms with Gasteiger partial charge in [0.25, 0.3) is 0 Å². The number of aliphatic hydroxyl groups excluding tert-OH is 1. The third-order valence-electron chi connectivity index (χ3n) is 3.53. The van der Waals surface area contributed by atoms with Crippen molar-refractivity contribution >= 4 is 27.3 Å². The van der Waals surface area contributed by atoms with Crippen LogP contribution in [0.5, 0.6) is 0 Å². The summed E-state index contributed by atoms with van der Waals surface area (Å²) >= 11 is 5.19. The highest BCUT2D eigenvalue weighted by atomic mass is 79.9. The zero-order valence-electron chi connectivity index (χ0n) is 13.2. The van der Waals surface area contributed by atoms with Gasteiger partial charge in [-0.1, -0.05) is 48.8 Å². The third-order valence-corrected chi connectivity index (χ3v) is 5.65. The first kappa shape index (κ1) is 16.7. The number of halogens is 1. The number of aliphatic hydroxyl groups is 1. The van der Waals surface area contributed by atoms with E-state index in [1.165, 1.54) is 0 Å². The maximum atomic E-state index is 10.5. The second kappa shape index (κ2) is 6.19. The predicted molar refractivity (Wildman–Crippen MR) is 93.1 cm³/mol. The molecule has 0 aliphatic rings. The fourth-order valence-electron chi connectivity index (χ4n) is 2.20. The molecule has 21 heavy (non-hydrogen) atoms. The largest absolute Gasteiger partial charge is 0.388 e. The van der Waals surface area contributed by atoms with Crippen LogP contribution in [0.25, 0.3) is 0 Å². The summed E-state index contributed by atoms with van der Waals surface area (Å²) in [5.74, 6) is 0. The number of hydrogen-bond acceptors (Lipinski definition) is 3. The predicted octanol–water partition coefficient (Wildman–Crippen LogP) is 5.10. The summed E-state index contributed by atoms with van der Waals surface area (Å²) in [5, 5.41) is 13.6. The lowest BCUT2D eigenvalue weighted by molar-refractivity contribution is 0.178. The number of rotatable bonds is 3. The van der Waals surface area contributed by atoms with E-state index in [1.807, 2.05) is 12.1 Å². The van der Waals surface area contributed by atoms with Crippen LogP contribution in [0.15, 0.2) is 22.0 Å². The molecule has 1 N–H and O–H groups in total. The lowest BCUT2D eigenvalue weighted by Gasteiger charge is -2.15. The molecule has 2 nitrogen and oxygen atoms in total. The first-order valence-corrected chi connectivity index (χ1v) is 8.75. The van der Waals surface area contributed by atoms with Crippen molar-refractivity contribution < 1.29 is 5.11 Å². The normalized spacial score (nSPS) is 13.5. The zero-order chi connectivity index (χ0) is 15.8. The Balaban J connectivity index is 2.18. The molecule has 1 aromatic carbocycles. The molecule has 0 saturated carbocycles. The topological polar surface area (TPSA) is 33.1 Å². The van der Waals surface area contributed by atoms with Crippen LogP contribution in [0.2, 0.25) is 0 Å². The molecule has 0 aliphatic carbocycles. The summed E-state index contributed by atoms with van der Waals surface area (Å²) in [6, 6.07) is 4.08. The summed E-state index contributed by atoms with van der Waals surface area (Å²) in [4.78, 5) is 4.66. The number of hydrogen-bond donors (Lipinski definition) is 1. The molecule has 1 unspecified atom stereocenters. The molecule has 0 fully saturated rings. The Morgan fingerprint density at radius 1 is 1.24 bits per heavy atom. The van der Waals surface area contributed by atoms with Crippen LogP contribution >= 0.6 is 27.3 Å².